The number of ether oxygens (including phenoxy) is 1. The van der Waals surface area contributed by atoms with E-state index in [2.05, 4.69) is 10.6 Å². The Bertz CT molecular complexity index is 667. The van der Waals surface area contributed by atoms with Crippen LogP contribution in [-0.2, 0) is 16.1 Å². The summed E-state index contributed by atoms with van der Waals surface area (Å²) in [6, 6.07) is 7.71. The Labute approximate surface area is 169 Å². The molecule has 0 spiro atoms. The van der Waals surface area contributed by atoms with Crippen LogP contribution in [0.1, 0.15) is 51.5 Å². The van der Waals surface area contributed by atoms with Gasteiger partial charge in [-0.2, -0.15) is 13.2 Å². The lowest BCUT2D eigenvalue weighted by molar-refractivity contribution is -0.184. The van der Waals surface area contributed by atoms with E-state index in [1.165, 1.54) is 0 Å². The van der Waals surface area contributed by atoms with Gasteiger partial charge in [0.25, 0.3) is 0 Å². The van der Waals surface area contributed by atoms with E-state index >= 15 is 0 Å². The minimum Gasteiger partial charge on any atom is -0.445 e. The monoisotopic (exact) mass is 414 g/mol. The summed E-state index contributed by atoms with van der Waals surface area (Å²) < 4.78 is 44.2. The molecule has 2 rings (SSSR count). The Morgan fingerprint density at radius 2 is 1.90 bits per heavy atom. The molecule has 0 radical (unpaired) electrons. The molecule has 0 heterocycles. The Balaban J connectivity index is 1.92. The van der Waals surface area contributed by atoms with Gasteiger partial charge in [0.15, 0.2) is 0 Å². The zero-order valence-corrected chi connectivity index (χ0v) is 16.8. The van der Waals surface area contributed by atoms with E-state index < -0.39 is 36.2 Å². The summed E-state index contributed by atoms with van der Waals surface area (Å²) in [7, 11) is 0. The lowest BCUT2D eigenvalue weighted by Crippen LogP contribution is -2.53. The van der Waals surface area contributed by atoms with E-state index in [4.69, 9.17) is 4.74 Å². The highest BCUT2D eigenvalue weighted by Gasteiger charge is 2.42. The second kappa shape index (κ2) is 10.5. The number of hydrogen-bond acceptors (Lipinski definition) is 3. The molecular weight excluding hydrogens is 385 g/mol. The first-order valence-corrected chi connectivity index (χ1v) is 10.0. The Hall–Kier alpha value is -2.25. The van der Waals surface area contributed by atoms with Crippen LogP contribution in [-0.4, -0.2) is 30.3 Å². The standard InChI is InChI=1S/C21H29F3N2O3/c1-3-14(2)18(26-20(28)29-13-15-8-5-4-6-9-15)19(27)25-17-11-7-10-16(12-17)21(22,23)24/h4-6,8-9,14,16-18H,3,7,10-13H2,1-2H3,(H,25,27)(H,26,28)/t14-,16?,17?,18-/m0/s1. The molecule has 0 bridgehead atoms. The normalized spacial score (nSPS) is 21.7. The van der Waals surface area contributed by atoms with Crippen molar-refractivity contribution in [3.8, 4) is 0 Å². The predicted molar refractivity (Wildman–Crippen MR) is 103 cm³/mol. The van der Waals surface area contributed by atoms with Crippen LogP contribution in [0, 0.1) is 11.8 Å². The summed E-state index contributed by atoms with van der Waals surface area (Å²) in [6.45, 7) is 3.75. The number of rotatable bonds is 7. The number of hydrogen-bond donors (Lipinski definition) is 2. The van der Waals surface area contributed by atoms with Gasteiger partial charge in [0.2, 0.25) is 5.91 Å². The minimum absolute atomic E-state index is 0.0669. The maximum absolute atomic E-state index is 13.0. The van der Waals surface area contributed by atoms with Crippen LogP contribution in [0.25, 0.3) is 0 Å². The Morgan fingerprint density at radius 1 is 1.21 bits per heavy atom. The van der Waals surface area contributed by atoms with E-state index in [1.807, 2.05) is 37.3 Å². The minimum atomic E-state index is -4.25. The number of benzene rings is 1. The number of halogens is 3. The number of alkyl halides is 3. The van der Waals surface area contributed by atoms with Crippen molar-refractivity contribution < 1.29 is 27.5 Å². The molecule has 1 fully saturated rings. The average molecular weight is 414 g/mol. The Kier molecular flexibility index (Phi) is 8.34. The summed E-state index contributed by atoms with van der Waals surface area (Å²) in [5.74, 6) is -2.06. The highest BCUT2D eigenvalue weighted by molar-refractivity contribution is 5.86. The van der Waals surface area contributed by atoms with E-state index in [0.29, 0.717) is 19.3 Å². The second-order valence-corrected chi connectivity index (χ2v) is 7.68. The van der Waals surface area contributed by atoms with Crippen LogP contribution in [0.2, 0.25) is 0 Å². The van der Waals surface area contributed by atoms with Crippen molar-refractivity contribution in [3.05, 3.63) is 35.9 Å². The number of amides is 2. The first kappa shape index (κ1) is 23.0. The zero-order valence-electron chi connectivity index (χ0n) is 16.8. The molecule has 1 aliphatic rings. The molecule has 1 aromatic carbocycles. The molecule has 8 heteroatoms. The van der Waals surface area contributed by atoms with Crippen molar-refractivity contribution in [2.75, 3.05) is 0 Å². The quantitative estimate of drug-likeness (QED) is 0.687. The van der Waals surface area contributed by atoms with Crippen molar-refractivity contribution >= 4 is 12.0 Å². The van der Waals surface area contributed by atoms with E-state index in [-0.39, 0.29) is 25.4 Å². The molecule has 2 unspecified atom stereocenters. The molecule has 162 valence electrons. The lowest BCUT2D eigenvalue weighted by atomic mass is 9.85. The van der Waals surface area contributed by atoms with Gasteiger partial charge in [0.1, 0.15) is 12.6 Å². The summed E-state index contributed by atoms with van der Waals surface area (Å²) in [6.07, 6.45) is -3.48. The number of carbonyl (C=O) groups excluding carboxylic acids is 2. The first-order valence-electron chi connectivity index (χ1n) is 10.0. The van der Waals surface area contributed by atoms with Gasteiger partial charge in [-0.25, -0.2) is 4.79 Å². The summed E-state index contributed by atoms with van der Waals surface area (Å²) in [4.78, 5) is 24.9. The lowest BCUT2D eigenvalue weighted by Gasteiger charge is -2.32. The number of alkyl carbamates (subject to hydrolysis) is 1. The molecule has 29 heavy (non-hydrogen) atoms. The molecule has 1 saturated carbocycles. The fourth-order valence-corrected chi connectivity index (χ4v) is 3.50. The van der Waals surface area contributed by atoms with E-state index in [1.54, 1.807) is 6.92 Å². The van der Waals surface area contributed by atoms with Gasteiger partial charge < -0.3 is 15.4 Å². The molecule has 2 amide bonds. The first-order chi connectivity index (χ1) is 13.7. The molecule has 4 atom stereocenters. The van der Waals surface area contributed by atoms with Crippen molar-refractivity contribution in [1.29, 1.82) is 0 Å². The van der Waals surface area contributed by atoms with Gasteiger partial charge in [0, 0.05) is 6.04 Å². The fourth-order valence-electron chi connectivity index (χ4n) is 3.50. The smallest absolute Gasteiger partial charge is 0.408 e. The molecule has 0 saturated heterocycles. The molecule has 0 aliphatic heterocycles. The van der Waals surface area contributed by atoms with Crippen molar-refractivity contribution in [1.82, 2.24) is 10.6 Å². The molecule has 1 aromatic rings. The van der Waals surface area contributed by atoms with Gasteiger partial charge in [-0.1, -0.05) is 57.0 Å². The van der Waals surface area contributed by atoms with Crippen molar-refractivity contribution in [3.63, 3.8) is 0 Å². The van der Waals surface area contributed by atoms with E-state index in [0.717, 1.165) is 5.56 Å². The average Bonchev–Trinajstić information content (AvgIpc) is 2.70. The predicted octanol–water partition coefficient (Wildman–Crippen LogP) is 4.56. The van der Waals surface area contributed by atoms with Gasteiger partial charge >= 0.3 is 12.3 Å². The number of carbonyl (C=O) groups is 2. The Morgan fingerprint density at radius 3 is 2.52 bits per heavy atom. The SMILES string of the molecule is CC[C@H](C)[C@H](NC(=O)OCc1ccccc1)C(=O)NC1CCCC(C(F)(F)F)C1. The molecule has 2 N–H and O–H groups in total. The van der Waals surface area contributed by atoms with Crippen LogP contribution in [0.3, 0.4) is 0 Å². The second-order valence-electron chi connectivity index (χ2n) is 7.68. The highest BCUT2D eigenvalue weighted by Crippen LogP contribution is 2.37. The third-order valence-corrected chi connectivity index (χ3v) is 5.47. The van der Waals surface area contributed by atoms with Crippen LogP contribution in [0.5, 0.6) is 0 Å². The van der Waals surface area contributed by atoms with Crippen molar-refractivity contribution in [2.24, 2.45) is 11.8 Å². The maximum atomic E-state index is 13.0. The van der Waals surface area contributed by atoms with Crippen LogP contribution >= 0.6 is 0 Å². The third kappa shape index (κ3) is 7.25. The summed E-state index contributed by atoms with van der Waals surface area (Å²) in [5.41, 5.74) is 0.813. The summed E-state index contributed by atoms with van der Waals surface area (Å²) in [5, 5.41) is 5.28. The van der Waals surface area contributed by atoms with Gasteiger partial charge in [-0.3, -0.25) is 4.79 Å². The van der Waals surface area contributed by atoms with Crippen LogP contribution in [0.4, 0.5) is 18.0 Å². The molecule has 0 aromatic heterocycles. The fraction of sp³-hybridized carbons (Fsp3) is 0.619. The third-order valence-electron chi connectivity index (χ3n) is 5.47. The maximum Gasteiger partial charge on any atom is 0.408 e. The van der Waals surface area contributed by atoms with Gasteiger partial charge in [-0.15, -0.1) is 0 Å². The molecular formula is C21H29F3N2O3. The topological polar surface area (TPSA) is 67.4 Å². The molecule has 5 nitrogen and oxygen atoms in total. The number of nitrogens with one attached hydrogen (secondary N) is 2. The van der Waals surface area contributed by atoms with Crippen molar-refractivity contribution in [2.45, 2.75) is 70.8 Å². The largest absolute Gasteiger partial charge is 0.445 e. The van der Waals surface area contributed by atoms with Gasteiger partial charge in [-0.05, 0) is 30.7 Å². The zero-order chi connectivity index (χ0) is 21.4. The van der Waals surface area contributed by atoms with Gasteiger partial charge in [0.05, 0.1) is 5.92 Å². The summed E-state index contributed by atoms with van der Waals surface area (Å²) >= 11 is 0. The van der Waals surface area contributed by atoms with E-state index in [9.17, 15) is 22.8 Å². The highest BCUT2D eigenvalue weighted by atomic mass is 19.4. The van der Waals surface area contributed by atoms with Crippen LogP contribution in [0.15, 0.2) is 30.3 Å². The van der Waals surface area contributed by atoms with Crippen LogP contribution < -0.4 is 10.6 Å². The molecule has 1 aliphatic carbocycles.